The smallest absolute Gasteiger partial charge is 0.462 e. The number of rotatable bonds is 78. The number of phosphoric ester groups is 2. The lowest BCUT2D eigenvalue weighted by Crippen LogP contribution is -2.30. The maximum absolute atomic E-state index is 13.1. The first-order chi connectivity index (χ1) is 47.4. The number of carbonyl (C=O) groups is 4. The van der Waals surface area contributed by atoms with E-state index in [1.165, 1.54) is 231 Å². The molecule has 0 aromatic rings. The van der Waals surface area contributed by atoms with E-state index in [0.717, 1.165) is 102 Å². The van der Waals surface area contributed by atoms with E-state index in [2.05, 4.69) is 41.5 Å². The third kappa shape index (κ3) is 72.4. The van der Waals surface area contributed by atoms with Crippen LogP contribution < -0.4 is 0 Å². The fourth-order valence-electron chi connectivity index (χ4n) is 12.2. The molecular weight excluding hydrogens is 1280 g/mol. The summed E-state index contributed by atoms with van der Waals surface area (Å²) in [6.45, 7) is 9.61. The molecule has 0 amide bonds. The first-order valence-electron chi connectivity index (χ1n) is 41.0. The molecule has 3 N–H and O–H groups in total. The molecule has 0 saturated carbocycles. The Bertz CT molecular complexity index is 1890. The highest BCUT2D eigenvalue weighted by Gasteiger charge is 2.30. The van der Waals surface area contributed by atoms with Crippen LogP contribution in [-0.4, -0.2) is 96.7 Å². The molecule has 0 aliphatic carbocycles. The zero-order valence-electron chi connectivity index (χ0n) is 64.1. The molecule has 0 aromatic heterocycles. The molecule has 0 radical (unpaired) electrons. The van der Waals surface area contributed by atoms with Crippen molar-refractivity contribution in [2.24, 2.45) is 11.8 Å². The van der Waals surface area contributed by atoms with Gasteiger partial charge in [0, 0.05) is 25.7 Å². The first kappa shape index (κ1) is 96.1. The largest absolute Gasteiger partial charge is 0.472 e. The van der Waals surface area contributed by atoms with Crippen LogP contribution in [0, 0.1) is 11.8 Å². The summed E-state index contributed by atoms with van der Waals surface area (Å²) in [5, 5.41) is 10.6. The molecule has 0 fully saturated rings. The van der Waals surface area contributed by atoms with Crippen molar-refractivity contribution < 1.29 is 80.2 Å². The molecule has 19 heteroatoms. The number of ether oxygens (including phenoxy) is 4. The second-order valence-electron chi connectivity index (χ2n) is 29.4. The predicted octanol–water partition coefficient (Wildman–Crippen LogP) is 23.5. The van der Waals surface area contributed by atoms with Crippen LogP contribution in [0.3, 0.4) is 0 Å². The van der Waals surface area contributed by atoms with Crippen LogP contribution in [0.15, 0.2) is 0 Å². The monoisotopic (exact) mass is 1440 g/mol. The third-order valence-electron chi connectivity index (χ3n) is 18.5. The zero-order chi connectivity index (χ0) is 72.1. The molecular formula is C79H154O17P2. The van der Waals surface area contributed by atoms with E-state index in [1.807, 2.05) is 0 Å². The Morgan fingerprint density at radius 3 is 0.694 bits per heavy atom. The van der Waals surface area contributed by atoms with Crippen LogP contribution in [0.2, 0.25) is 0 Å². The Kier molecular flexibility index (Phi) is 69.3. The van der Waals surface area contributed by atoms with Gasteiger partial charge >= 0.3 is 39.5 Å². The van der Waals surface area contributed by atoms with E-state index >= 15 is 0 Å². The zero-order valence-corrected chi connectivity index (χ0v) is 65.9. The average Bonchev–Trinajstić information content (AvgIpc) is 1.15. The maximum atomic E-state index is 13.1. The molecule has 5 atom stereocenters. The number of aliphatic hydroxyl groups is 1. The van der Waals surface area contributed by atoms with Crippen molar-refractivity contribution in [1.29, 1.82) is 0 Å². The van der Waals surface area contributed by atoms with Gasteiger partial charge in [0.25, 0.3) is 0 Å². The Balaban J connectivity index is 5.21. The third-order valence-corrected chi connectivity index (χ3v) is 20.4. The molecule has 0 spiro atoms. The van der Waals surface area contributed by atoms with Crippen molar-refractivity contribution in [2.45, 2.75) is 432 Å². The second-order valence-corrected chi connectivity index (χ2v) is 32.3. The van der Waals surface area contributed by atoms with E-state index in [9.17, 15) is 43.2 Å². The SMILES string of the molecule is CCCCCCCCCCCCCCCCCCCCCC(=O)O[C@H](COC(=O)CCCCCCCCCCCCCCCCCC(C)C)COP(=O)(O)OC[C@@H](O)COP(=O)(O)OC[C@@H](COC(=O)CCCCCCCCCCC)OC(=O)CCCCCCCCCCCC(C)C. The summed E-state index contributed by atoms with van der Waals surface area (Å²) >= 11 is 0. The van der Waals surface area contributed by atoms with Crippen molar-refractivity contribution in [3.05, 3.63) is 0 Å². The van der Waals surface area contributed by atoms with Crippen LogP contribution >= 0.6 is 15.6 Å². The summed E-state index contributed by atoms with van der Waals surface area (Å²) in [5.41, 5.74) is 0. The van der Waals surface area contributed by atoms with Crippen LogP contribution in [0.4, 0.5) is 0 Å². The Hall–Kier alpha value is -1.94. The number of esters is 4. The second kappa shape index (κ2) is 70.7. The van der Waals surface area contributed by atoms with Gasteiger partial charge in [0.05, 0.1) is 26.4 Å². The molecule has 0 aliphatic rings. The van der Waals surface area contributed by atoms with Crippen LogP contribution in [0.5, 0.6) is 0 Å². The standard InChI is InChI=1S/C79H154O17P2/c1-7-9-11-13-15-17-18-19-20-21-22-23-26-30-33-39-45-51-57-63-78(83)95-75(68-90-77(82)62-56-50-44-38-32-29-27-24-25-28-31-36-41-47-53-59-71(3)4)70-94-98(87,88)92-66-73(80)65-91-97(85,86)93-69-74(67-89-76(81)61-55-49-43-35-16-14-12-10-8-2)96-79(84)64-58-52-46-40-34-37-42-48-54-60-72(5)6/h71-75,80H,7-70H2,1-6H3,(H,85,86)(H,87,88)/t73-,74+,75+/m0/s1. The molecule has 0 aliphatic heterocycles. The summed E-state index contributed by atoms with van der Waals surface area (Å²) in [6.07, 6.45) is 59.7. The molecule has 17 nitrogen and oxygen atoms in total. The van der Waals surface area contributed by atoms with Gasteiger partial charge < -0.3 is 33.8 Å². The van der Waals surface area contributed by atoms with Crippen molar-refractivity contribution in [1.82, 2.24) is 0 Å². The molecule has 98 heavy (non-hydrogen) atoms. The minimum Gasteiger partial charge on any atom is -0.462 e. The minimum atomic E-state index is -4.96. The van der Waals surface area contributed by atoms with Gasteiger partial charge in [-0.2, -0.15) is 0 Å². The van der Waals surface area contributed by atoms with E-state index in [4.69, 9.17) is 37.0 Å². The minimum absolute atomic E-state index is 0.106. The Morgan fingerprint density at radius 1 is 0.276 bits per heavy atom. The molecule has 0 bridgehead atoms. The lowest BCUT2D eigenvalue weighted by Gasteiger charge is -2.21. The fraction of sp³-hybridized carbons (Fsp3) is 0.949. The van der Waals surface area contributed by atoms with Gasteiger partial charge in [0.2, 0.25) is 0 Å². The van der Waals surface area contributed by atoms with Gasteiger partial charge in [0.1, 0.15) is 19.3 Å². The number of carbonyl (C=O) groups excluding carboxylic acids is 4. The van der Waals surface area contributed by atoms with E-state index in [0.29, 0.717) is 25.7 Å². The molecule has 0 rings (SSSR count). The Labute approximate surface area is 600 Å². The lowest BCUT2D eigenvalue weighted by molar-refractivity contribution is -0.161. The summed E-state index contributed by atoms with van der Waals surface area (Å²) < 4.78 is 68.6. The highest BCUT2D eigenvalue weighted by molar-refractivity contribution is 7.47. The molecule has 2 unspecified atom stereocenters. The number of aliphatic hydroxyl groups excluding tert-OH is 1. The van der Waals surface area contributed by atoms with Gasteiger partial charge in [-0.3, -0.25) is 37.3 Å². The van der Waals surface area contributed by atoms with Crippen molar-refractivity contribution in [3.63, 3.8) is 0 Å². The maximum Gasteiger partial charge on any atom is 0.472 e. The molecule has 582 valence electrons. The number of hydrogen-bond acceptors (Lipinski definition) is 15. The summed E-state index contributed by atoms with van der Waals surface area (Å²) in [6, 6.07) is 0. The molecule has 0 saturated heterocycles. The van der Waals surface area contributed by atoms with Gasteiger partial charge in [-0.05, 0) is 37.5 Å². The number of hydrogen-bond donors (Lipinski definition) is 3. The lowest BCUT2D eigenvalue weighted by atomic mass is 10.0. The van der Waals surface area contributed by atoms with Gasteiger partial charge in [-0.1, -0.05) is 363 Å². The van der Waals surface area contributed by atoms with Crippen molar-refractivity contribution in [2.75, 3.05) is 39.6 Å². The molecule has 0 heterocycles. The summed E-state index contributed by atoms with van der Waals surface area (Å²) in [5.74, 6) is -0.570. The highest BCUT2D eigenvalue weighted by Crippen LogP contribution is 2.45. The molecule has 0 aromatic carbocycles. The van der Waals surface area contributed by atoms with Gasteiger partial charge in [-0.15, -0.1) is 0 Å². The van der Waals surface area contributed by atoms with E-state index in [1.54, 1.807) is 0 Å². The number of phosphoric acid groups is 2. The number of unbranched alkanes of at least 4 members (excludes halogenated alkanes) is 48. The van der Waals surface area contributed by atoms with Crippen molar-refractivity contribution in [3.8, 4) is 0 Å². The van der Waals surface area contributed by atoms with Gasteiger partial charge in [-0.25, -0.2) is 9.13 Å². The quantitative estimate of drug-likeness (QED) is 0.0222. The van der Waals surface area contributed by atoms with Crippen LogP contribution in [0.25, 0.3) is 0 Å². The van der Waals surface area contributed by atoms with Crippen LogP contribution in [0.1, 0.15) is 414 Å². The summed E-state index contributed by atoms with van der Waals surface area (Å²) in [4.78, 5) is 72.9. The van der Waals surface area contributed by atoms with Gasteiger partial charge in [0.15, 0.2) is 12.2 Å². The average molecular weight is 1440 g/mol. The topological polar surface area (TPSA) is 237 Å². The van der Waals surface area contributed by atoms with Crippen molar-refractivity contribution >= 4 is 39.5 Å². The van der Waals surface area contributed by atoms with E-state index in [-0.39, 0.29) is 25.7 Å². The Morgan fingerprint density at radius 2 is 0.469 bits per heavy atom. The van der Waals surface area contributed by atoms with E-state index < -0.39 is 97.5 Å². The first-order valence-corrected chi connectivity index (χ1v) is 44.0. The fourth-order valence-corrected chi connectivity index (χ4v) is 13.8. The normalized spacial score (nSPS) is 13.9. The van der Waals surface area contributed by atoms with Crippen LogP contribution in [-0.2, 0) is 65.4 Å². The highest BCUT2D eigenvalue weighted by atomic mass is 31.2. The predicted molar refractivity (Wildman–Crippen MR) is 400 cm³/mol. The summed E-state index contributed by atoms with van der Waals surface area (Å²) in [7, 11) is -9.91.